The van der Waals surface area contributed by atoms with E-state index in [2.05, 4.69) is 11.1 Å². The molecule has 0 radical (unpaired) electrons. The normalized spacial score (nSPS) is 17.3. The average Bonchev–Trinajstić information content (AvgIpc) is 3.11. The number of ether oxygens (including phenoxy) is 1. The Morgan fingerprint density at radius 2 is 2.17 bits per heavy atom. The number of hydrogen-bond donors (Lipinski definition) is 0. The molecule has 3 rings (SSSR count). The molecule has 0 saturated carbocycles. The van der Waals surface area contributed by atoms with Crippen molar-refractivity contribution in [1.29, 1.82) is 0 Å². The minimum absolute atomic E-state index is 0.224. The van der Waals surface area contributed by atoms with Crippen molar-refractivity contribution in [1.82, 2.24) is 9.88 Å². The Balaban J connectivity index is 1.55. The molecule has 23 heavy (non-hydrogen) atoms. The number of benzene rings is 1. The van der Waals surface area contributed by atoms with E-state index in [9.17, 15) is 4.79 Å². The van der Waals surface area contributed by atoms with E-state index in [0.29, 0.717) is 12.3 Å². The molecule has 2 heterocycles. The molecule has 4 nitrogen and oxygen atoms in total. The van der Waals surface area contributed by atoms with Gasteiger partial charge in [0.25, 0.3) is 0 Å². The number of amides is 1. The molecule has 1 fully saturated rings. The van der Waals surface area contributed by atoms with Crippen molar-refractivity contribution in [3.8, 4) is 5.75 Å². The molecule has 1 aliphatic rings. The van der Waals surface area contributed by atoms with Crippen LogP contribution in [0.25, 0.3) is 0 Å². The molecule has 1 saturated heterocycles. The highest BCUT2D eigenvalue weighted by atomic mass is 16.5. The average molecular weight is 310 g/mol. The van der Waals surface area contributed by atoms with Crippen LogP contribution >= 0.6 is 0 Å². The van der Waals surface area contributed by atoms with Crippen LogP contribution in [0.5, 0.6) is 5.75 Å². The topological polar surface area (TPSA) is 42.4 Å². The van der Waals surface area contributed by atoms with Crippen molar-refractivity contribution in [2.24, 2.45) is 0 Å². The fourth-order valence-corrected chi connectivity index (χ4v) is 3.19. The van der Waals surface area contributed by atoms with Crippen LogP contribution in [-0.4, -0.2) is 36.0 Å². The fraction of sp³-hybridized carbons (Fsp3) is 0.368. The molecular formula is C19H22N2O2. The Hall–Kier alpha value is -2.36. The maximum absolute atomic E-state index is 12.5. The van der Waals surface area contributed by atoms with E-state index in [4.69, 9.17) is 4.74 Å². The van der Waals surface area contributed by atoms with Crippen molar-refractivity contribution >= 4 is 5.91 Å². The van der Waals surface area contributed by atoms with Gasteiger partial charge >= 0.3 is 0 Å². The van der Waals surface area contributed by atoms with E-state index in [0.717, 1.165) is 37.2 Å². The Kier molecular flexibility index (Phi) is 4.91. The van der Waals surface area contributed by atoms with Crippen LogP contribution in [0.4, 0.5) is 0 Å². The van der Waals surface area contributed by atoms with Crippen LogP contribution in [0, 0.1) is 0 Å². The first-order valence-electron chi connectivity index (χ1n) is 8.07. The summed E-state index contributed by atoms with van der Waals surface area (Å²) in [5.41, 5.74) is 2.32. The van der Waals surface area contributed by atoms with Crippen molar-refractivity contribution < 1.29 is 9.53 Å². The minimum Gasteiger partial charge on any atom is -0.496 e. The number of nitrogens with zero attached hydrogens (tertiary/aromatic N) is 2. The van der Waals surface area contributed by atoms with E-state index in [-0.39, 0.29) is 5.91 Å². The van der Waals surface area contributed by atoms with Gasteiger partial charge in [0.05, 0.1) is 7.11 Å². The smallest absolute Gasteiger partial charge is 0.222 e. The summed E-state index contributed by atoms with van der Waals surface area (Å²) in [4.78, 5) is 18.6. The third kappa shape index (κ3) is 3.70. The Labute approximate surface area is 137 Å². The zero-order valence-electron chi connectivity index (χ0n) is 13.4. The number of rotatable bonds is 5. The lowest BCUT2D eigenvalue weighted by Gasteiger charge is -2.17. The van der Waals surface area contributed by atoms with Gasteiger partial charge in [-0.1, -0.05) is 24.3 Å². The van der Waals surface area contributed by atoms with Gasteiger partial charge in [0, 0.05) is 37.8 Å². The molecule has 2 aromatic rings. The maximum atomic E-state index is 12.5. The van der Waals surface area contributed by atoms with Gasteiger partial charge < -0.3 is 9.64 Å². The third-order valence-electron chi connectivity index (χ3n) is 4.50. The van der Waals surface area contributed by atoms with Crippen molar-refractivity contribution in [3.05, 3.63) is 59.9 Å². The number of hydrogen-bond acceptors (Lipinski definition) is 3. The van der Waals surface area contributed by atoms with E-state index in [1.807, 2.05) is 41.4 Å². The van der Waals surface area contributed by atoms with Crippen LogP contribution in [-0.2, 0) is 11.2 Å². The van der Waals surface area contributed by atoms with Crippen LogP contribution in [0.3, 0.4) is 0 Å². The summed E-state index contributed by atoms with van der Waals surface area (Å²) in [6.07, 6.45) is 5.96. The first kappa shape index (κ1) is 15.5. The van der Waals surface area contributed by atoms with Gasteiger partial charge in [0.15, 0.2) is 0 Å². The number of carbonyl (C=O) groups is 1. The van der Waals surface area contributed by atoms with Gasteiger partial charge in [0.1, 0.15) is 5.75 Å². The molecule has 1 aliphatic heterocycles. The summed E-state index contributed by atoms with van der Waals surface area (Å²) < 4.78 is 5.35. The highest BCUT2D eigenvalue weighted by Gasteiger charge is 2.27. The number of pyridine rings is 1. The Morgan fingerprint density at radius 3 is 2.96 bits per heavy atom. The standard InChI is InChI=1S/C19H22N2O2/c1-23-18-7-3-2-5-15(18)8-9-19(22)21-12-10-17(14-21)16-6-4-11-20-13-16/h2-7,11,13,17H,8-10,12,14H2,1H3. The lowest BCUT2D eigenvalue weighted by molar-refractivity contribution is -0.130. The molecule has 1 aromatic heterocycles. The lowest BCUT2D eigenvalue weighted by Crippen LogP contribution is -2.28. The van der Waals surface area contributed by atoms with Gasteiger partial charge in [-0.05, 0) is 36.1 Å². The second kappa shape index (κ2) is 7.27. The fourth-order valence-electron chi connectivity index (χ4n) is 3.19. The van der Waals surface area contributed by atoms with Crippen LogP contribution in [0.15, 0.2) is 48.8 Å². The SMILES string of the molecule is COc1ccccc1CCC(=O)N1CCC(c2cccnc2)C1. The number of aromatic nitrogens is 1. The maximum Gasteiger partial charge on any atom is 0.222 e. The summed E-state index contributed by atoms with van der Waals surface area (Å²) in [6, 6.07) is 11.9. The molecule has 1 amide bonds. The number of carbonyl (C=O) groups excluding carboxylic acids is 1. The second-order valence-electron chi connectivity index (χ2n) is 5.92. The van der Waals surface area contributed by atoms with Gasteiger partial charge in [0.2, 0.25) is 5.91 Å². The molecule has 0 aliphatic carbocycles. The first-order chi connectivity index (χ1) is 11.3. The predicted molar refractivity (Wildman–Crippen MR) is 89.5 cm³/mol. The summed E-state index contributed by atoms with van der Waals surface area (Å²) in [5, 5.41) is 0. The van der Waals surface area contributed by atoms with E-state index in [1.54, 1.807) is 13.3 Å². The molecule has 120 valence electrons. The molecule has 1 aromatic carbocycles. The van der Waals surface area contributed by atoms with Crippen molar-refractivity contribution in [2.45, 2.75) is 25.2 Å². The molecule has 4 heteroatoms. The van der Waals surface area contributed by atoms with Gasteiger partial charge in [-0.15, -0.1) is 0 Å². The quantitative estimate of drug-likeness (QED) is 0.852. The van der Waals surface area contributed by atoms with Crippen LogP contribution in [0.1, 0.15) is 29.9 Å². The molecule has 0 N–H and O–H groups in total. The summed E-state index contributed by atoms with van der Waals surface area (Å²) in [6.45, 7) is 1.64. The van der Waals surface area contributed by atoms with Gasteiger partial charge in [-0.2, -0.15) is 0 Å². The van der Waals surface area contributed by atoms with Crippen LogP contribution < -0.4 is 4.74 Å². The molecule has 0 spiro atoms. The summed E-state index contributed by atoms with van der Waals surface area (Å²) in [7, 11) is 1.67. The summed E-state index contributed by atoms with van der Waals surface area (Å²) in [5.74, 6) is 1.50. The molecule has 1 unspecified atom stereocenters. The zero-order chi connectivity index (χ0) is 16.1. The monoisotopic (exact) mass is 310 g/mol. The molecular weight excluding hydrogens is 288 g/mol. The van der Waals surface area contributed by atoms with Crippen molar-refractivity contribution in [3.63, 3.8) is 0 Å². The first-order valence-corrected chi connectivity index (χ1v) is 8.07. The van der Waals surface area contributed by atoms with Crippen molar-refractivity contribution in [2.75, 3.05) is 20.2 Å². The highest BCUT2D eigenvalue weighted by Crippen LogP contribution is 2.27. The molecule has 0 bridgehead atoms. The minimum atomic E-state index is 0.224. The Morgan fingerprint density at radius 1 is 1.30 bits per heavy atom. The predicted octanol–water partition coefficient (Wildman–Crippen LogP) is 3.04. The van der Waals surface area contributed by atoms with E-state index in [1.165, 1.54) is 5.56 Å². The van der Waals surface area contributed by atoms with Gasteiger partial charge in [-0.25, -0.2) is 0 Å². The largest absolute Gasteiger partial charge is 0.496 e. The molecule has 1 atom stereocenters. The number of methoxy groups -OCH3 is 1. The van der Waals surface area contributed by atoms with Crippen LogP contribution in [0.2, 0.25) is 0 Å². The Bertz CT molecular complexity index is 657. The lowest BCUT2D eigenvalue weighted by atomic mass is 10.0. The summed E-state index contributed by atoms with van der Waals surface area (Å²) >= 11 is 0. The number of likely N-dealkylation sites (tertiary alicyclic amines) is 1. The number of para-hydroxylation sites is 1. The van der Waals surface area contributed by atoms with Gasteiger partial charge in [-0.3, -0.25) is 9.78 Å². The zero-order valence-corrected chi connectivity index (χ0v) is 13.4. The second-order valence-corrected chi connectivity index (χ2v) is 5.92. The highest BCUT2D eigenvalue weighted by molar-refractivity contribution is 5.77. The number of aryl methyl sites for hydroxylation is 1. The van der Waals surface area contributed by atoms with E-state index < -0.39 is 0 Å². The van der Waals surface area contributed by atoms with E-state index >= 15 is 0 Å². The third-order valence-corrected chi connectivity index (χ3v) is 4.50.